The maximum Gasteiger partial charge on any atom is 0.124 e. The van der Waals surface area contributed by atoms with E-state index < -0.39 is 0 Å². The molecular weight excluding hydrogens is 202 g/mol. The molecule has 2 aromatic heterocycles. The molecule has 15 heavy (non-hydrogen) atoms. The molecule has 0 aliphatic carbocycles. The Bertz CT molecular complexity index is 625. The lowest BCUT2D eigenvalue weighted by Gasteiger charge is -1.96. The molecule has 0 atom stereocenters. The lowest BCUT2D eigenvalue weighted by Crippen LogP contribution is -1.77. The van der Waals surface area contributed by atoms with Crippen molar-refractivity contribution in [2.24, 2.45) is 0 Å². The van der Waals surface area contributed by atoms with E-state index in [0.29, 0.717) is 0 Å². The van der Waals surface area contributed by atoms with Crippen molar-refractivity contribution in [3.8, 4) is 0 Å². The largest absolute Gasteiger partial charge is 0.245 e. The maximum atomic E-state index is 4.39. The molecular formula is C13H11NS. The van der Waals surface area contributed by atoms with Gasteiger partial charge in [-0.2, -0.15) is 0 Å². The molecule has 0 radical (unpaired) electrons. The Morgan fingerprint density at radius 1 is 1.20 bits per heavy atom. The van der Waals surface area contributed by atoms with E-state index in [9.17, 15) is 0 Å². The third-order valence-corrected chi connectivity index (χ3v) is 3.81. The second-order valence-electron chi connectivity index (χ2n) is 3.64. The van der Waals surface area contributed by atoms with Gasteiger partial charge in [0.15, 0.2) is 0 Å². The highest BCUT2D eigenvalue weighted by atomic mass is 32.1. The number of fused-ring (bicyclic) bond motifs is 3. The van der Waals surface area contributed by atoms with E-state index in [1.54, 1.807) is 11.3 Å². The highest BCUT2D eigenvalue weighted by Gasteiger charge is 2.04. The number of pyridine rings is 1. The summed E-state index contributed by atoms with van der Waals surface area (Å²) in [5, 5.41) is 2.63. The van der Waals surface area contributed by atoms with Crippen LogP contribution in [0.2, 0.25) is 0 Å². The van der Waals surface area contributed by atoms with Crippen molar-refractivity contribution >= 4 is 31.6 Å². The minimum absolute atomic E-state index is 1.09. The van der Waals surface area contributed by atoms with E-state index in [4.69, 9.17) is 0 Å². The Kier molecular flexibility index (Phi) is 1.96. The highest BCUT2D eigenvalue weighted by Crippen LogP contribution is 2.32. The molecule has 74 valence electrons. The first-order valence-electron chi connectivity index (χ1n) is 5.14. The Morgan fingerprint density at radius 2 is 2.13 bits per heavy atom. The fourth-order valence-corrected chi connectivity index (χ4v) is 2.90. The molecule has 0 amide bonds. The molecule has 2 heteroatoms. The summed E-state index contributed by atoms with van der Waals surface area (Å²) in [5.74, 6) is 0. The minimum atomic E-state index is 1.09. The predicted molar refractivity (Wildman–Crippen MR) is 66.5 cm³/mol. The molecule has 2 heterocycles. The smallest absolute Gasteiger partial charge is 0.124 e. The molecule has 0 N–H and O–H groups in total. The van der Waals surface area contributed by atoms with Gasteiger partial charge in [-0.3, -0.25) is 0 Å². The summed E-state index contributed by atoms with van der Waals surface area (Å²) in [5.41, 5.74) is 1.39. The van der Waals surface area contributed by atoms with Crippen LogP contribution in [0.25, 0.3) is 20.3 Å². The SMILES string of the molecule is CCc1ccc2sc3ncccc3c2c1. The fraction of sp³-hybridized carbons (Fsp3) is 0.154. The van der Waals surface area contributed by atoms with Crippen molar-refractivity contribution < 1.29 is 0 Å². The van der Waals surface area contributed by atoms with Crippen LogP contribution in [0.15, 0.2) is 36.5 Å². The molecule has 0 fully saturated rings. The Balaban J connectivity index is 2.46. The van der Waals surface area contributed by atoms with Crippen LogP contribution in [0.1, 0.15) is 12.5 Å². The molecule has 0 bridgehead atoms. The molecule has 1 nitrogen and oxygen atoms in total. The van der Waals surface area contributed by atoms with Crippen molar-refractivity contribution in [1.29, 1.82) is 0 Å². The molecule has 3 aromatic rings. The Hall–Kier alpha value is -1.41. The van der Waals surface area contributed by atoms with Gasteiger partial charge >= 0.3 is 0 Å². The minimum Gasteiger partial charge on any atom is -0.245 e. The van der Waals surface area contributed by atoms with Crippen LogP contribution in [-0.2, 0) is 6.42 Å². The van der Waals surface area contributed by atoms with Crippen LogP contribution in [0, 0.1) is 0 Å². The normalized spacial score (nSPS) is 11.3. The second-order valence-corrected chi connectivity index (χ2v) is 4.67. The van der Waals surface area contributed by atoms with E-state index in [-0.39, 0.29) is 0 Å². The monoisotopic (exact) mass is 213 g/mol. The molecule has 0 spiro atoms. The van der Waals surface area contributed by atoms with Crippen LogP contribution in [-0.4, -0.2) is 4.98 Å². The molecule has 0 aliphatic rings. The maximum absolute atomic E-state index is 4.39. The molecule has 0 saturated heterocycles. The Labute approximate surface area is 92.4 Å². The number of aromatic nitrogens is 1. The number of rotatable bonds is 1. The standard InChI is InChI=1S/C13H11NS/c1-2-9-5-6-12-11(8-9)10-4-3-7-14-13(10)15-12/h3-8H,2H2,1H3. The van der Waals surface area contributed by atoms with Gasteiger partial charge in [0.1, 0.15) is 4.83 Å². The van der Waals surface area contributed by atoms with E-state index in [2.05, 4.69) is 36.2 Å². The zero-order chi connectivity index (χ0) is 10.3. The molecule has 1 aromatic carbocycles. The lowest BCUT2D eigenvalue weighted by atomic mass is 10.1. The number of thiophene rings is 1. The van der Waals surface area contributed by atoms with Crippen LogP contribution >= 0.6 is 11.3 Å². The predicted octanol–water partition coefficient (Wildman–Crippen LogP) is 4.01. The van der Waals surface area contributed by atoms with Crippen molar-refractivity contribution in [3.63, 3.8) is 0 Å². The van der Waals surface area contributed by atoms with Crippen molar-refractivity contribution in [3.05, 3.63) is 42.1 Å². The summed E-state index contributed by atoms with van der Waals surface area (Å²) < 4.78 is 1.33. The lowest BCUT2D eigenvalue weighted by molar-refractivity contribution is 1.15. The average Bonchev–Trinajstić information content (AvgIpc) is 2.66. The van der Waals surface area contributed by atoms with Gasteiger partial charge in [-0.1, -0.05) is 13.0 Å². The zero-order valence-electron chi connectivity index (χ0n) is 8.53. The van der Waals surface area contributed by atoms with Crippen LogP contribution in [0.3, 0.4) is 0 Å². The van der Waals surface area contributed by atoms with Crippen LogP contribution in [0.5, 0.6) is 0 Å². The number of aryl methyl sites for hydroxylation is 1. The fourth-order valence-electron chi connectivity index (χ4n) is 1.88. The van der Waals surface area contributed by atoms with Gasteiger partial charge in [0.05, 0.1) is 0 Å². The first-order valence-corrected chi connectivity index (χ1v) is 5.96. The van der Waals surface area contributed by atoms with E-state index in [1.807, 2.05) is 12.3 Å². The van der Waals surface area contributed by atoms with Gasteiger partial charge in [0, 0.05) is 21.7 Å². The van der Waals surface area contributed by atoms with Crippen molar-refractivity contribution in [2.75, 3.05) is 0 Å². The second kappa shape index (κ2) is 3.31. The van der Waals surface area contributed by atoms with Gasteiger partial charge in [0.25, 0.3) is 0 Å². The Morgan fingerprint density at radius 3 is 3.00 bits per heavy atom. The first-order chi connectivity index (χ1) is 7.38. The van der Waals surface area contributed by atoms with Gasteiger partial charge in [0.2, 0.25) is 0 Å². The third kappa shape index (κ3) is 1.33. The summed E-state index contributed by atoms with van der Waals surface area (Å²) >= 11 is 1.77. The molecule has 0 unspecified atom stereocenters. The number of nitrogens with zero attached hydrogens (tertiary/aromatic N) is 1. The van der Waals surface area contributed by atoms with Gasteiger partial charge < -0.3 is 0 Å². The first kappa shape index (κ1) is 8.86. The van der Waals surface area contributed by atoms with Crippen LogP contribution in [0.4, 0.5) is 0 Å². The van der Waals surface area contributed by atoms with Crippen molar-refractivity contribution in [1.82, 2.24) is 4.98 Å². The van der Waals surface area contributed by atoms with E-state index in [1.165, 1.54) is 21.0 Å². The average molecular weight is 213 g/mol. The van der Waals surface area contributed by atoms with Crippen LogP contribution < -0.4 is 0 Å². The molecule has 0 saturated carbocycles. The summed E-state index contributed by atoms with van der Waals surface area (Å²) in [6.45, 7) is 2.19. The number of hydrogen-bond donors (Lipinski definition) is 0. The van der Waals surface area contributed by atoms with E-state index in [0.717, 1.165) is 11.3 Å². The summed E-state index contributed by atoms with van der Waals surface area (Å²) in [4.78, 5) is 5.53. The van der Waals surface area contributed by atoms with Crippen molar-refractivity contribution in [2.45, 2.75) is 13.3 Å². The summed E-state index contributed by atoms with van der Waals surface area (Å²) in [6, 6.07) is 10.9. The summed E-state index contributed by atoms with van der Waals surface area (Å²) in [6.07, 6.45) is 2.95. The topological polar surface area (TPSA) is 12.9 Å². The highest BCUT2D eigenvalue weighted by molar-refractivity contribution is 7.25. The number of hydrogen-bond acceptors (Lipinski definition) is 2. The summed E-state index contributed by atoms with van der Waals surface area (Å²) in [7, 11) is 0. The quantitative estimate of drug-likeness (QED) is 0.595. The number of benzene rings is 1. The van der Waals surface area contributed by atoms with Gasteiger partial charge in [-0.25, -0.2) is 4.98 Å². The van der Waals surface area contributed by atoms with Gasteiger partial charge in [-0.15, -0.1) is 11.3 Å². The zero-order valence-corrected chi connectivity index (χ0v) is 9.34. The molecule has 3 rings (SSSR count). The van der Waals surface area contributed by atoms with Gasteiger partial charge in [-0.05, 0) is 36.2 Å². The van der Waals surface area contributed by atoms with E-state index >= 15 is 0 Å². The third-order valence-electron chi connectivity index (χ3n) is 2.72. The molecule has 0 aliphatic heterocycles.